The van der Waals surface area contributed by atoms with Gasteiger partial charge in [0.2, 0.25) is 0 Å². The Morgan fingerprint density at radius 2 is 1.88 bits per heavy atom. The fourth-order valence-electron chi connectivity index (χ4n) is 4.16. The molecule has 0 saturated heterocycles. The Bertz CT molecular complexity index is 1190. The molecular formula is C23H18F3N3O3. The van der Waals surface area contributed by atoms with E-state index in [0.717, 1.165) is 18.6 Å². The fraction of sp³-hybridized carbons (Fsp3) is 0.217. The number of pyridine rings is 1. The van der Waals surface area contributed by atoms with Crippen LogP contribution in [-0.4, -0.2) is 21.7 Å². The number of anilines is 1. The lowest BCUT2D eigenvalue weighted by atomic mass is 9.99. The molecule has 6 nitrogen and oxygen atoms in total. The van der Waals surface area contributed by atoms with Crippen LogP contribution in [0.4, 0.5) is 23.7 Å². The number of ether oxygens (including phenoxy) is 1. The van der Waals surface area contributed by atoms with Crippen LogP contribution in [0.5, 0.6) is 17.2 Å². The molecule has 9 heteroatoms. The van der Waals surface area contributed by atoms with Crippen LogP contribution in [0.2, 0.25) is 0 Å². The van der Waals surface area contributed by atoms with Gasteiger partial charge in [0.1, 0.15) is 17.2 Å². The molecule has 2 aliphatic carbocycles. The summed E-state index contributed by atoms with van der Waals surface area (Å²) in [7, 11) is 0. The number of rotatable bonds is 5. The van der Waals surface area contributed by atoms with Crippen LogP contribution in [0.3, 0.4) is 0 Å². The summed E-state index contributed by atoms with van der Waals surface area (Å²) in [6, 6.07) is 12.2. The van der Waals surface area contributed by atoms with Gasteiger partial charge in [-0.1, -0.05) is 6.07 Å². The van der Waals surface area contributed by atoms with Gasteiger partial charge in [0.15, 0.2) is 0 Å². The van der Waals surface area contributed by atoms with Gasteiger partial charge in [0.05, 0.1) is 11.1 Å². The molecule has 0 spiro atoms. The second-order valence-electron chi connectivity index (χ2n) is 7.99. The number of nitrogens with one attached hydrogen (secondary N) is 2. The van der Waals surface area contributed by atoms with Crippen LogP contribution >= 0.6 is 0 Å². The molecule has 5 rings (SSSR count). The molecule has 3 atom stereocenters. The van der Waals surface area contributed by atoms with E-state index in [0.29, 0.717) is 17.1 Å². The maximum atomic E-state index is 12.9. The molecule has 2 aromatic carbocycles. The zero-order valence-electron chi connectivity index (χ0n) is 16.6. The molecule has 0 radical (unpaired) electrons. The highest BCUT2D eigenvalue weighted by Gasteiger charge is 2.80. The highest BCUT2D eigenvalue weighted by atomic mass is 19.4. The summed E-state index contributed by atoms with van der Waals surface area (Å²) < 4.78 is 44.4. The summed E-state index contributed by atoms with van der Waals surface area (Å²) in [5, 5.41) is 15.7. The number of amides is 2. The summed E-state index contributed by atoms with van der Waals surface area (Å²) in [5.74, 6) is 1.32. The number of phenols is 1. The van der Waals surface area contributed by atoms with E-state index in [1.807, 2.05) is 0 Å². The summed E-state index contributed by atoms with van der Waals surface area (Å²) in [4.78, 5) is 16.4. The quantitative estimate of drug-likeness (QED) is 0.503. The zero-order valence-corrected chi connectivity index (χ0v) is 16.6. The maximum Gasteiger partial charge on any atom is 0.416 e. The van der Waals surface area contributed by atoms with Gasteiger partial charge in [0.25, 0.3) is 0 Å². The number of halogens is 3. The average molecular weight is 441 g/mol. The molecule has 1 aromatic heterocycles. The van der Waals surface area contributed by atoms with Gasteiger partial charge in [-0.2, -0.15) is 13.2 Å². The standard InChI is InChI=1S/C23H18F3N3O3/c24-23(25,26)13-2-1-3-14(10-13)28-21(31)29-22-12-18(22)20(22)17-11-16(4-5-19(17)30)32-15-6-8-27-9-7-15/h1-11,18,20,30H,12H2,(H2,28,29,31). The molecule has 3 N–H and O–H groups in total. The summed E-state index contributed by atoms with van der Waals surface area (Å²) in [5.41, 5.74) is -0.623. The molecule has 3 aromatic rings. The number of aromatic nitrogens is 1. The minimum absolute atomic E-state index is 0.0544. The second-order valence-corrected chi connectivity index (χ2v) is 7.99. The van der Waals surface area contributed by atoms with Gasteiger partial charge in [-0.05, 0) is 60.9 Å². The Kier molecular flexibility index (Phi) is 4.51. The van der Waals surface area contributed by atoms with Crippen LogP contribution < -0.4 is 15.4 Å². The summed E-state index contributed by atoms with van der Waals surface area (Å²) in [6.45, 7) is 0. The minimum atomic E-state index is -4.49. The fourth-order valence-corrected chi connectivity index (χ4v) is 4.16. The zero-order chi connectivity index (χ0) is 22.5. The van der Waals surface area contributed by atoms with Crippen molar-refractivity contribution in [1.82, 2.24) is 10.3 Å². The van der Waals surface area contributed by atoms with Crippen molar-refractivity contribution in [3.63, 3.8) is 0 Å². The van der Waals surface area contributed by atoms with Crippen molar-refractivity contribution in [2.24, 2.45) is 5.92 Å². The van der Waals surface area contributed by atoms with Crippen molar-refractivity contribution in [3.8, 4) is 17.2 Å². The Balaban J connectivity index is 1.26. The number of fused-ring (bicyclic) bond motifs is 1. The molecule has 3 unspecified atom stereocenters. The van der Waals surface area contributed by atoms with E-state index >= 15 is 0 Å². The average Bonchev–Trinajstić information content (AvgIpc) is 3.60. The number of aromatic hydroxyl groups is 1. The molecule has 2 amide bonds. The molecule has 32 heavy (non-hydrogen) atoms. The van der Waals surface area contributed by atoms with E-state index in [9.17, 15) is 23.1 Å². The van der Waals surface area contributed by atoms with Crippen LogP contribution in [0, 0.1) is 5.92 Å². The lowest BCUT2D eigenvalue weighted by Crippen LogP contribution is -2.36. The van der Waals surface area contributed by atoms with E-state index in [1.165, 1.54) is 12.1 Å². The Labute approximate surface area is 181 Å². The van der Waals surface area contributed by atoms with Gasteiger partial charge < -0.3 is 20.5 Å². The molecule has 2 aliphatic rings. The SMILES string of the molecule is O=C(Nc1cccc(C(F)(F)F)c1)NC12CC1C2c1cc(Oc2ccncc2)ccc1O. The number of hydrogen-bond donors (Lipinski definition) is 3. The number of urea groups is 1. The van der Waals surface area contributed by atoms with E-state index in [4.69, 9.17) is 4.74 Å². The van der Waals surface area contributed by atoms with Crippen LogP contribution in [0.15, 0.2) is 67.0 Å². The maximum absolute atomic E-state index is 12.9. The number of benzene rings is 2. The van der Waals surface area contributed by atoms with Crippen molar-refractivity contribution in [1.29, 1.82) is 0 Å². The molecule has 164 valence electrons. The smallest absolute Gasteiger partial charge is 0.416 e. The second kappa shape index (κ2) is 7.15. The van der Waals surface area contributed by atoms with E-state index < -0.39 is 23.3 Å². The first-order valence-electron chi connectivity index (χ1n) is 9.93. The predicted molar refractivity (Wildman–Crippen MR) is 110 cm³/mol. The minimum Gasteiger partial charge on any atom is -0.508 e. The van der Waals surface area contributed by atoms with Crippen molar-refractivity contribution in [2.45, 2.75) is 24.1 Å². The van der Waals surface area contributed by atoms with E-state index in [2.05, 4.69) is 15.6 Å². The first-order chi connectivity index (χ1) is 15.3. The van der Waals surface area contributed by atoms with Gasteiger partial charge >= 0.3 is 12.2 Å². The summed E-state index contributed by atoms with van der Waals surface area (Å²) >= 11 is 0. The van der Waals surface area contributed by atoms with Crippen molar-refractivity contribution in [3.05, 3.63) is 78.1 Å². The third kappa shape index (κ3) is 3.70. The molecular weight excluding hydrogens is 423 g/mol. The number of hydrogen-bond acceptors (Lipinski definition) is 4. The Morgan fingerprint density at radius 3 is 2.59 bits per heavy atom. The van der Waals surface area contributed by atoms with Gasteiger partial charge in [0, 0.05) is 29.6 Å². The van der Waals surface area contributed by atoms with Crippen LogP contribution in [-0.2, 0) is 6.18 Å². The molecule has 1 heterocycles. The predicted octanol–water partition coefficient (Wildman–Crippen LogP) is 5.28. The van der Waals surface area contributed by atoms with Crippen LogP contribution in [0.25, 0.3) is 0 Å². The highest BCUT2D eigenvalue weighted by Crippen LogP contribution is 2.77. The third-order valence-corrected chi connectivity index (χ3v) is 5.92. The Morgan fingerprint density at radius 1 is 1.09 bits per heavy atom. The van der Waals surface area contributed by atoms with Crippen molar-refractivity contribution < 1.29 is 27.8 Å². The number of carbonyl (C=O) groups excluding carboxylic acids is 1. The van der Waals surface area contributed by atoms with E-state index in [1.54, 1.807) is 42.7 Å². The van der Waals surface area contributed by atoms with Crippen LogP contribution in [0.1, 0.15) is 23.5 Å². The van der Waals surface area contributed by atoms with Gasteiger partial charge in [-0.25, -0.2) is 4.79 Å². The normalized spacial score (nSPS) is 23.1. The lowest BCUT2D eigenvalue weighted by molar-refractivity contribution is -0.137. The molecule has 2 fully saturated rings. The number of carbonyl (C=O) groups is 1. The Hall–Kier alpha value is -3.75. The van der Waals surface area contributed by atoms with Crippen molar-refractivity contribution >= 4 is 11.7 Å². The number of nitrogens with zero attached hydrogens (tertiary/aromatic N) is 1. The van der Waals surface area contributed by atoms with E-state index in [-0.39, 0.29) is 23.3 Å². The monoisotopic (exact) mass is 441 g/mol. The molecule has 2 saturated carbocycles. The lowest BCUT2D eigenvalue weighted by Gasteiger charge is -2.17. The van der Waals surface area contributed by atoms with Gasteiger partial charge in [-0.15, -0.1) is 0 Å². The first-order valence-corrected chi connectivity index (χ1v) is 9.93. The molecule has 0 bridgehead atoms. The molecule has 0 aliphatic heterocycles. The largest absolute Gasteiger partial charge is 0.508 e. The van der Waals surface area contributed by atoms with Gasteiger partial charge in [-0.3, -0.25) is 4.98 Å². The van der Waals surface area contributed by atoms with Crippen molar-refractivity contribution in [2.75, 3.05) is 5.32 Å². The number of alkyl halides is 3. The third-order valence-electron chi connectivity index (χ3n) is 5.92. The summed E-state index contributed by atoms with van der Waals surface area (Å²) in [6.07, 6.45) is -0.539. The number of phenolic OH excluding ortho intramolecular Hbond substituents is 1. The topological polar surface area (TPSA) is 83.5 Å². The highest BCUT2D eigenvalue weighted by molar-refractivity contribution is 5.91. The first kappa shape index (κ1) is 20.2.